The Hall–Kier alpha value is -1.71. The fourth-order valence-corrected chi connectivity index (χ4v) is 2.58. The highest BCUT2D eigenvalue weighted by Gasteiger charge is 2.23. The van der Waals surface area contributed by atoms with Crippen molar-refractivity contribution >= 4 is 15.7 Å². The smallest absolute Gasteiger partial charge is 0.271 e. The molecular weight excluding hydrogens is 288 g/mol. The van der Waals surface area contributed by atoms with Crippen LogP contribution in [-0.2, 0) is 14.8 Å². The predicted molar refractivity (Wildman–Crippen MR) is 68.9 cm³/mol. The Labute approximate surface area is 115 Å². The van der Waals surface area contributed by atoms with Gasteiger partial charge in [0.2, 0.25) is 10.0 Å². The number of non-ortho nitro benzene ring substituents is 1. The first kappa shape index (κ1) is 14.7. The number of nitrogens with zero attached hydrogens (tertiary/aromatic N) is 1. The van der Waals surface area contributed by atoms with Crippen molar-refractivity contribution in [3.05, 3.63) is 28.3 Å². The van der Waals surface area contributed by atoms with Crippen LogP contribution in [0.4, 0.5) is 5.69 Å². The first-order chi connectivity index (χ1) is 9.38. The van der Waals surface area contributed by atoms with E-state index in [1.165, 1.54) is 12.1 Å². The van der Waals surface area contributed by atoms with Crippen molar-refractivity contribution in [2.75, 3.05) is 13.2 Å². The van der Waals surface area contributed by atoms with E-state index in [4.69, 9.17) is 14.6 Å². The molecule has 1 aromatic carbocycles. The Morgan fingerprint density at radius 2 is 2.00 bits per heavy atom. The molecule has 1 aromatic rings. The van der Waals surface area contributed by atoms with Crippen molar-refractivity contribution in [1.82, 2.24) is 0 Å². The molecule has 0 radical (unpaired) electrons. The Kier molecular flexibility index (Phi) is 4.21. The Morgan fingerprint density at radius 1 is 1.35 bits per heavy atom. The summed E-state index contributed by atoms with van der Waals surface area (Å²) >= 11 is 0. The standard InChI is InChI=1S/C11H14N2O6S/c12-20(16,17)11-7-8(13(14)15)1-2-10(11)19-9-3-5-18-6-4-9/h1-2,7,9H,3-6H2,(H2,12,16,17). The fourth-order valence-electron chi connectivity index (χ4n) is 1.90. The van der Waals surface area contributed by atoms with E-state index in [9.17, 15) is 18.5 Å². The quantitative estimate of drug-likeness (QED) is 0.648. The van der Waals surface area contributed by atoms with Crippen molar-refractivity contribution in [1.29, 1.82) is 0 Å². The second-order valence-corrected chi connectivity index (χ2v) is 5.89. The number of nitro groups is 1. The monoisotopic (exact) mass is 302 g/mol. The van der Waals surface area contributed by atoms with Crippen LogP contribution in [0.2, 0.25) is 0 Å². The highest BCUT2D eigenvalue weighted by atomic mass is 32.2. The van der Waals surface area contributed by atoms with E-state index in [-0.39, 0.29) is 22.4 Å². The van der Waals surface area contributed by atoms with Crippen LogP contribution in [0.15, 0.2) is 23.1 Å². The van der Waals surface area contributed by atoms with Gasteiger partial charge in [-0.05, 0) is 6.07 Å². The topological polar surface area (TPSA) is 122 Å². The zero-order valence-electron chi connectivity index (χ0n) is 10.5. The minimum atomic E-state index is -4.10. The van der Waals surface area contributed by atoms with Gasteiger partial charge in [0.05, 0.1) is 18.1 Å². The number of nitro benzene ring substituents is 1. The number of sulfonamides is 1. The number of primary sulfonamides is 1. The Balaban J connectivity index is 2.33. The summed E-state index contributed by atoms with van der Waals surface area (Å²) in [7, 11) is -4.10. The lowest BCUT2D eigenvalue weighted by Gasteiger charge is -2.24. The summed E-state index contributed by atoms with van der Waals surface area (Å²) < 4.78 is 33.8. The highest BCUT2D eigenvalue weighted by molar-refractivity contribution is 7.89. The van der Waals surface area contributed by atoms with Gasteiger partial charge in [0.15, 0.2) is 0 Å². The largest absolute Gasteiger partial charge is 0.489 e. The summed E-state index contributed by atoms with van der Waals surface area (Å²) in [6.45, 7) is 1.06. The fraction of sp³-hybridized carbons (Fsp3) is 0.455. The molecule has 0 unspecified atom stereocenters. The molecule has 1 aliphatic rings. The van der Waals surface area contributed by atoms with Crippen LogP contribution in [0.5, 0.6) is 5.75 Å². The van der Waals surface area contributed by atoms with Crippen LogP contribution < -0.4 is 9.88 Å². The van der Waals surface area contributed by atoms with Crippen LogP contribution in [-0.4, -0.2) is 32.7 Å². The van der Waals surface area contributed by atoms with E-state index in [1.807, 2.05) is 0 Å². The summed E-state index contributed by atoms with van der Waals surface area (Å²) in [5.41, 5.74) is -0.353. The Bertz CT molecular complexity index is 609. The second kappa shape index (κ2) is 5.73. The molecule has 1 fully saturated rings. The first-order valence-corrected chi connectivity index (χ1v) is 7.48. The molecule has 0 amide bonds. The molecule has 0 aliphatic carbocycles. The number of nitrogens with two attached hydrogens (primary N) is 1. The third kappa shape index (κ3) is 3.44. The summed E-state index contributed by atoms with van der Waals surface area (Å²) in [6, 6.07) is 3.35. The zero-order chi connectivity index (χ0) is 14.8. The molecule has 20 heavy (non-hydrogen) atoms. The van der Waals surface area contributed by atoms with Crippen molar-refractivity contribution < 1.29 is 22.8 Å². The predicted octanol–water partition coefficient (Wildman–Crippen LogP) is 0.800. The van der Waals surface area contributed by atoms with Crippen molar-refractivity contribution in [2.24, 2.45) is 5.14 Å². The number of hydrogen-bond donors (Lipinski definition) is 1. The molecule has 0 atom stereocenters. The lowest BCUT2D eigenvalue weighted by molar-refractivity contribution is -0.385. The molecule has 0 aromatic heterocycles. The Morgan fingerprint density at radius 3 is 2.55 bits per heavy atom. The number of hydrogen-bond acceptors (Lipinski definition) is 6. The van der Waals surface area contributed by atoms with Gasteiger partial charge in [-0.2, -0.15) is 0 Å². The second-order valence-electron chi connectivity index (χ2n) is 4.36. The van der Waals surface area contributed by atoms with Crippen LogP contribution in [0.1, 0.15) is 12.8 Å². The third-order valence-corrected chi connectivity index (χ3v) is 3.84. The summed E-state index contributed by atoms with van der Waals surface area (Å²) in [6.07, 6.45) is 1.06. The van der Waals surface area contributed by atoms with E-state index >= 15 is 0 Å². The minimum absolute atomic E-state index is 0.0324. The molecule has 1 heterocycles. The maximum Gasteiger partial charge on any atom is 0.271 e. The van der Waals surface area contributed by atoms with Gasteiger partial charge in [0.1, 0.15) is 16.7 Å². The maximum atomic E-state index is 11.5. The normalized spacial score (nSPS) is 16.9. The highest BCUT2D eigenvalue weighted by Crippen LogP contribution is 2.29. The molecule has 2 rings (SSSR count). The van der Waals surface area contributed by atoms with Crippen molar-refractivity contribution in [2.45, 2.75) is 23.8 Å². The average molecular weight is 302 g/mol. The summed E-state index contributed by atoms with van der Waals surface area (Å²) in [5, 5.41) is 15.8. The third-order valence-electron chi connectivity index (χ3n) is 2.91. The minimum Gasteiger partial charge on any atom is -0.489 e. The van der Waals surface area contributed by atoms with Gasteiger partial charge in [0, 0.05) is 25.0 Å². The number of benzene rings is 1. The molecular formula is C11H14N2O6S. The molecule has 2 N–H and O–H groups in total. The van der Waals surface area contributed by atoms with Crippen molar-refractivity contribution in [3.8, 4) is 5.75 Å². The van der Waals surface area contributed by atoms with Gasteiger partial charge in [-0.1, -0.05) is 0 Å². The molecule has 1 saturated heterocycles. The van der Waals surface area contributed by atoms with Gasteiger partial charge in [-0.15, -0.1) is 0 Å². The van der Waals surface area contributed by atoms with Crippen LogP contribution in [0.3, 0.4) is 0 Å². The zero-order valence-corrected chi connectivity index (χ0v) is 11.3. The van der Waals surface area contributed by atoms with E-state index < -0.39 is 14.9 Å². The van der Waals surface area contributed by atoms with Crippen LogP contribution in [0, 0.1) is 10.1 Å². The van der Waals surface area contributed by atoms with Crippen LogP contribution >= 0.6 is 0 Å². The van der Waals surface area contributed by atoms with Gasteiger partial charge >= 0.3 is 0 Å². The molecule has 0 spiro atoms. The summed E-state index contributed by atoms with van der Waals surface area (Å²) in [4.78, 5) is 9.63. The van der Waals surface area contributed by atoms with E-state index in [2.05, 4.69) is 0 Å². The van der Waals surface area contributed by atoms with E-state index in [1.54, 1.807) is 0 Å². The molecule has 9 heteroatoms. The van der Waals surface area contributed by atoms with Crippen LogP contribution in [0.25, 0.3) is 0 Å². The average Bonchev–Trinajstić information content (AvgIpc) is 2.39. The lowest BCUT2D eigenvalue weighted by Crippen LogP contribution is -2.27. The van der Waals surface area contributed by atoms with Crippen molar-refractivity contribution in [3.63, 3.8) is 0 Å². The summed E-state index contributed by atoms with van der Waals surface area (Å²) in [5.74, 6) is 0.0324. The van der Waals surface area contributed by atoms with E-state index in [0.717, 1.165) is 6.07 Å². The molecule has 0 saturated carbocycles. The van der Waals surface area contributed by atoms with Gasteiger partial charge in [0.25, 0.3) is 5.69 Å². The molecule has 0 bridgehead atoms. The van der Waals surface area contributed by atoms with Gasteiger partial charge in [-0.25, -0.2) is 13.6 Å². The molecule has 8 nitrogen and oxygen atoms in total. The number of rotatable bonds is 4. The van der Waals surface area contributed by atoms with E-state index in [0.29, 0.717) is 26.1 Å². The SMILES string of the molecule is NS(=O)(=O)c1cc([N+](=O)[O-])ccc1OC1CCOCC1. The maximum absolute atomic E-state index is 11.5. The van der Waals surface area contributed by atoms with Gasteiger partial charge < -0.3 is 9.47 Å². The molecule has 110 valence electrons. The van der Waals surface area contributed by atoms with Gasteiger partial charge in [-0.3, -0.25) is 10.1 Å². The molecule has 1 aliphatic heterocycles. The lowest BCUT2D eigenvalue weighted by atomic mass is 10.1. The first-order valence-electron chi connectivity index (χ1n) is 5.93. The number of ether oxygens (including phenoxy) is 2.